The highest BCUT2D eigenvalue weighted by Crippen LogP contribution is 2.30. The van der Waals surface area contributed by atoms with Crippen LogP contribution in [0.2, 0.25) is 5.02 Å². The Hall–Kier alpha value is -3.69. The van der Waals surface area contributed by atoms with Crippen molar-refractivity contribution in [2.75, 3.05) is 13.1 Å². The molecule has 0 radical (unpaired) electrons. The van der Waals surface area contributed by atoms with E-state index in [4.69, 9.17) is 32.5 Å². The number of rotatable bonds is 6. The van der Waals surface area contributed by atoms with Gasteiger partial charge in [-0.3, -0.25) is 0 Å². The minimum atomic E-state index is -1.34. The molecule has 2 aromatic rings. The Bertz CT molecular complexity index is 1110. The van der Waals surface area contributed by atoms with Gasteiger partial charge in [0.15, 0.2) is 0 Å². The fourth-order valence-electron chi connectivity index (χ4n) is 2.94. The number of nitriles is 1. The van der Waals surface area contributed by atoms with Crippen LogP contribution in [-0.4, -0.2) is 51.2 Å². The third-order valence-corrected chi connectivity index (χ3v) is 4.98. The first kappa shape index (κ1) is 25.6. The summed E-state index contributed by atoms with van der Waals surface area (Å²) in [6, 6.07) is 6.99. The highest BCUT2D eigenvalue weighted by atomic mass is 35.5. The Balaban J connectivity index is 2.21. The SMILES string of the molecule is C#CCCN(C(=O)OC(C)(C)C)N(CCc1cc(-c2ccc(C#N)c(Cl)c2C)no1)C(=O)O. The number of hydrazine groups is 1. The predicted octanol–water partition coefficient (Wildman–Crippen LogP) is 4.87. The van der Waals surface area contributed by atoms with E-state index in [1.165, 1.54) is 0 Å². The fourth-order valence-corrected chi connectivity index (χ4v) is 3.15. The lowest BCUT2D eigenvalue weighted by atomic mass is 10.0. The molecule has 0 aliphatic rings. The zero-order valence-electron chi connectivity index (χ0n) is 18.9. The molecule has 0 aliphatic carbocycles. The molecule has 0 saturated heterocycles. The maximum atomic E-state index is 12.6. The zero-order valence-corrected chi connectivity index (χ0v) is 19.6. The second kappa shape index (κ2) is 10.8. The van der Waals surface area contributed by atoms with Gasteiger partial charge in [-0.05, 0) is 39.3 Å². The van der Waals surface area contributed by atoms with Crippen LogP contribution >= 0.6 is 11.6 Å². The molecule has 2 amide bonds. The minimum Gasteiger partial charge on any atom is -0.464 e. The van der Waals surface area contributed by atoms with Gasteiger partial charge in [-0.25, -0.2) is 19.6 Å². The number of hydrogen-bond donors (Lipinski definition) is 1. The topological polar surface area (TPSA) is 120 Å². The molecule has 1 aromatic heterocycles. The molecule has 174 valence electrons. The summed E-state index contributed by atoms with van der Waals surface area (Å²) in [5.74, 6) is 2.79. The number of nitrogens with zero attached hydrogens (tertiary/aromatic N) is 4. The molecule has 2 rings (SSSR count). The van der Waals surface area contributed by atoms with E-state index in [0.717, 1.165) is 10.0 Å². The number of halogens is 1. The van der Waals surface area contributed by atoms with Crippen LogP contribution < -0.4 is 0 Å². The molecule has 1 aromatic carbocycles. The lowest BCUT2D eigenvalue weighted by Gasteiger charge is -2.33. The van der Waals surface area contributed by atoms with Crippen molar-refractivity contribution in [2.24, 2.45) is 0 Å². The largest absolute Gasteiger partial charge is 0.464 e. The number of ether oxygens (including phenoxy) is 1. The number of amides is 2. The van der Waals surface area contributed by atoms with Crippen molar-refractivity contribution in [3.63, 3.8) is 0 Å². The van der Waals surface area contributed by atoms with Crippen molar-refractivity contribution < 1.29 is 24.0 Å². The van der Waals surface area contributed by atoms with Gasteiger partial charge in [-0.2, -0.15) is 5.26 Å². The first-order valence-corrected chi connectivity index (χ1v) is 10.5. The molecule has 1 N–H and O–H groups in total. The van der Waals surface area contributed by atoms with Gasteiger partial charge in [-0.1, -0.05) is 22.8 Å². The molecular formula is C23H25ClN4O5. The molecule has 33 heavy (non-hydrogen) atoms. The van der Waals surface area contributed by atoms with E-state index in [1.54, 1.807) is 45.9 Å². The molecule has 0 saturated carbocycles. The molecule has 1 heterocycles. The molecule has 0 bridgehead atoms. The number of benzene rings is 1. The average molecular weight is 473 g/mol. The van der Waals surface area contributed by atoms with E-state index >= 15 is 0 Å². The summed E-state index contributed by atoms with van der Waals surface area (Å²) < 4.78 is 10.7. The van der Waals surface area contributed by atoms with Crippen molar-refractivity contribution in [3.8, 4) is 29.7 Å². The Morgan fingerprint density at radius 3 is 2.58 bits per heavy atom. The predicted molar refractivity (Wildman–Crippen MR) is 121 cm³/mol. The molecular weight excluding hydrogens is 448 g/mol. The van der Waals surface area contributed by atoms with Crippen LogP contribution in [0.15, 0.2) is 22.7 Å². The lowest BCUT2D eigenvalue weighted by molar-refractivity contribution is -0.0399. The summed E-state index contributed by atoms with van der Waals surface area (Å²) in [5, 5.41) is 25.0. The summed E-state index contributed by atoms with van der Waals surface area (Å²) in [4.78, 5) is 24.5. The number of carbonyl (C=O) groups is 2. The first-order chi connectivity index (χ1) is 15.5. The normalized spacial score (nSPS) is 10.8. The summed E-state index contributed by atoms with van der Waals surface area (Å²) in [6.45, 7) is 6.70. The fraction of sp³-hybridized carbons (Fsp3) is 0.391. The van der Waals surface area contributed by atoms with Crippen LogP contribution in [0.4, 0.5) is 9.59 Å². The molecule has 9 nitrogen and oxygen atoms in total. The Morgan fingerprint density at radius 2 is 2.00 bits per heavy atom. The molecule has 0 aliphatic heterocycles. The van der Waals surface area contributed by atoms with Crippen molar-refractivity contribution in [1.82, 2.24) is 15.2 Å². The van der Waals surface area contributed by atoms with Gasteiger partial charge in [0.1, 0.15) is 23.1 Å². The van der Waals surface area contributed by atoms with Crippen molar-refractivity contribution in [3.05, 3.63) is 40.1 Å². The molecule has 0 unspecified atom stereocenters. The average Bonchev–Trinajstić information content (AvgIpc) is 3.19. The van der Waals surface area contributed by atoms with Gasteiger partial charge in [0, 0.05) is 24.5 Å². The van der Waals surface area contributed by atoms with Crippen molar-refractivity contribution in [2.45, 2.75) is 46.1 Å². The number of aromatic nitrogens is 1. The number of carbonyl (C=O) groups excluding carboxylic acids is 1. The molecule has 0 fully saturated rings. The summed E-state index contributed by atoms with van der Waals surface area (Å²) in [6.07, 6.45) is 3.42. The number of terminal acetylenes is 1. The maximum absolute atomic E-state index is 12.6. The number of carboxylic acid groups (broad SMARTS) is 1. The monoisotopic (exact) mass is 472 g/mol. The maximum Gasteiger partial charge on any atom is 0.429 e. The van der Waals surface area contributed by atoms with Crippen LogP contribution in [-0.2, 0) is 11.2 Å². The molecule has 10 heteroatoms. The van der Waals surface area contributed by atoms with E-state index in [1.807, 2.05) is 6.07 Å². The van der Waals surface area contributed by atoms with Gasteiger partial charge >= 0.3 is 12.2 Å². The van der Waals surface area contributed by atoms with Gasteiger partial charge in [0.05, 0.1) is 23.7 Å². The first-order valence-electron chi connectivity index (χ1n) is 10.1. The van der Waals surface area contributed by atoms with Gasteiger partial charge < -0.3 is 14.4 Å². The quantitative estimate of drug-likeness (QED) is 0.470. The van der Waals surface area contributed by atoms with Gasteiger partial charge in [0.25, 0.3) is 0 Å². The Labute approximate surface area is 197 Å². The lowest BCUT2D eigenvalue weighted by Crippen LogP contribution is -2.52. The summed E-state index contributed by atoms with van der Waals surface area (Å²) >= 11 is 6.23. The van der Waals surface area contributed by atoms with Crippen LogP contribution in [0.3, 0.4) is 0 Å². The van der Waals surface area contributed by atoms with E-state index in [0.29, 0.717) is 33.2 Å². The summed E-state index contributed by atoms with van der Waals surface area (Å²) in [7, 11) is 0. The number of hydrogen-bond acceptors (Lipinski definition) is 6. The highest BCUT2D eigenvalue weighted by Gasteiger charge is 2.30. The Kier molecular flexibility index (Phi) is 8.33. The van der Waals surface area contributed by atoms with E-state index in [-0.39, 0.29) is 25.9 Å². The van der Waals surface area contributed by atoms with Crippen LogP contribution in [0.1, 0.15) is 44.1 Å². The minimum absolute atomic E-state index is 0.0255. The van der Waals surface area contributed by atoms with Crippen LogP contribution in [0.25, 0.3) is 11.3 Å². The van der Waals surface area contributed by atoms with Gasteiger partial charge in [-0.15, -0.1) is 12.3 Å². The second-order valence-corrected chi connectivity index (χ2v) is 8.48. The van der Waals surface area contributed by atoms with Crippen LogP contribution in [0.5, 0.6) is 0 Å². The second-order valence-electron chi connectivity index (χ2n) is 8.10. The molecule has 0 spiro atoms. The highest BCUT2D eigenvalue weighted by molar-refractivity contribution is 6.32. The zero-order chi connectivity index (χ0) is 24.8. The van der Waals surface area contributed by atoms with E-state index < -0.39 is 17.8 Å². The van der Waals surface area contributed by atoms with E-state index in [9.17, 15) is 14.7 Å². The third-order valence-electron chi connectivity index (χ3n) is 4.50. The third kappa shape index (κ3) is 6.64. The summed E-state index contributed by atoms with van der Waals surface area (Å²) in [5.41, 5.74) is 1.40. The van der Waals surface area contributed by atoms with Crippen molar-refractivity contribution >= 4 is 23.8 Å². The smallest absolute Gasteiger partial charge is 0.429 e. The van der Waals surface area contributed by atoms with E-state index in [2.05, 4.69) is 11.1 Å². The van der Waals surface area contributed by atoms with Gasteiger partial charge in [0.2, 0.25) is 0 Å². The Morgan fingerprint density at radius 1 is 1.30 bits per heavy atom. The van der Waals surface area contributed by atoms with Crippen molar-refractivity contribution in [1.29, 1.82) is 5.26 Å². The van der Waals surface area contributed by atoms with Crippen LogP contribution in [0, 0.1) is 30.6 Å². The standard InChI is InChI=1S/C23H25ClN4O5/c1-6-7-11-28(22(31)32-23(3,4)5)27(21(29)30)12-10-17-13-19(26-33-17)18-9-8-16(14-25)20(24)15(18)2/h1,8-9,13H,7,10-12H2,2-5H3,(H,29,30). The molecule has 0 atom stereocenters.